The van der Waals surface area contributed by atoms with Gasteiger partial charge in [0.1, 0.15) is 0 Å². The molecular formula is C11H15NO4. The van der Waals surface area contributed by atoms with Gasteiger partial charge in [0, 0.05) is 0 Å². The number of benzene rings is 1. The van der Waals surface area contributed by atoms with E-state index in [0.29, 0.717) is 0 Å². The van der Waals surface area contributed by atoms with Crippen molar-refractivity contribution >= 4 is 11.9 Å². The van der Waals surface area contributed by atoms with Gasteiger partial charge >= 0.3 is 11.9 Å². The molecule has 0 radical (unpaired) electrons. The lowest BCUT2D eigenvalue weighted by atomic mass is 10.1. The molecule has 1 aromatic carbocycles. The number of carboxylic acids is 2. The summed E-state index contributed by atoms with van der Waals surface area (Å²) in [7, 11) is 1.93. The Kier molecular flexibility index (Phi) is 6.55. The number of rotatable bonds is 3. The van der Waals surface area contributed by atoms with E-state index in [1.165, 1.54) is 18.2 Å². The fourth-order valence-electron chi connectivity index (χ4n) is 0.785. The summed E-state index contributed by atoms with van der Waals surface area (Å²) in [6.07, 6.45) is 0. The molecule has 0 spiro atoms. The molecule has 0 aliphatic rings. The Bertz CT molecular complexity index is 332. The molecule has 0 bridgehead atoms. The van der Waals surface area contributed by atoms with Crippen LogP contribution in [0.25, 0.3) is 0 Å². The van der Waals surface area contributed by atoms with E-state index in [4.69, 9.17) is 10.2 Å². The lowest BCUT2D eigenvalue weighted by Gasteiger charge is -1.95. The summed E-state index contributed by atoms with van der Waals surface area (Å²) in [5.41, 5.74) is -0.0372. The Morgan fingerprint density at radius 1 is 1.19 bits per heavy atom. The van der Waals surface area contributed by atoms with Crippen molar-refractivity contribution in [1.29, 1.82) is 0 Å². The summed E-state index contributed by atoms with van der Waals surface area (Å²) in [5.74, 6) is -2.25. The van der Waals surface area contributed by atoms with E-state index in [1.54, 1.807) is 0 Å². The molecule has 88 valence electrons. The first-order valence-electron chi connectivity index (χ1n) is 4.74. The number of nitrogens with one attached hydrogen (secondary N) is 1. The number of carbonyl (C=O) groups is 2. The quantitative estimate of drug-likeness (QED) is 0.722. The molecule has 1 rings (SSSR count). The summed E-state index contributed by atoms with van der Waals surface area (Å²) >= 11 is 0. The maximum absolute atomic E-state index is 10.4. The number of hydrogen-bond acceptors (Lipinski definition) is 3. The predicted molar refractivity (Wildman–Crippen MR) is 60.0 cm³/mol. The van der Waals surface area contributed by atoms with E-state index < -0.39 is 11.9 Å². The van der Waals surface area contributed by atoms with Gasteiger partial charge in [0.25, 0.3) is 0 Å². The van der Waals surface area contributed by atoms with Crippen LogP contribution in [0.4, 0.5) is 0 Å². The third kappa shape index (κ3) is 5.11. The molecule has 3 N–H and O–H groups in total. The lowest BCUT2D eigenvalue weighted by molar-refractivity contribution is 0.0696. The monoisotopic (exact) mass is 225 g/mol. The van der Waals surface area contributed by atoms with Crippen LogP contribution < -0.4 is 5.32 Å². The minimum absolute atomic E-state index is 0.0186. The second kappa shape index (κ2) is 7.42. The highest BCUT2D eigenvalue weighted by molar-refractivity contribution is 5.93. The Hall–Kier alpha value is -1.88. The lowest BCUT2D eigenvalue weighted by Crippen LogP contribution is -2.01. The van der Waals surface area contributed by atoms with Crippen LogP contribution in [0.1, 0.15) is 27.6 Å². The van der Waals surface area contributed by atoms with Gasteiger partial charge in [-0.3, -0.25) is 0 Å². The standard InChI is InChI=1S/C8H6O4.C3H9N/c9-7(10)5-2-1-3-6(4-5)8(11)12;1-3-4-2/h1-4H,(H,9,10)(H,11,12);4H,3H2,1-2H3. The maximum Gasteiger partial charge on any atom is 0.335 e. The molecule has 0 fully saturated rings. The van der Waals surface area contributed by atoms with Gasteiger partial charge in [0.05, 0.1) is 11.1 Å². The summed E-state index contributed by atoms with van der Waals surface area (Å²) < 4.78 is 0. The Morgan fingerprint density at radius 3 is 1.81 bits per heavy atom. The normalized spacial score (nSPS) is 8.88. The van der Waals surface area contributed by atoms with Gasteiger partial charge in [-0.25, -0.2) is 9.59 Å². The maximum atomic E-state index is 10.4. The molecule has 0 saturated carbocycles. The van der Waals surface area contributed by atoms with E-state index in [2.05, 4.69) is 12.2 Å². The molecule has 0 amide bonds. The fraction of sp³-hybridized carbons (Fsp3) is 0.273. The highest BCUT2D eigenvalue weighted by Crippen LogP contribution is 2.04. The first-order chi connectivity index (χ1) is 7.52. The summed E-state index contributed by atoms with van der Waals surface area (Å²) in [4.78, 5) is 20.8. The predicted octanol–water partition coefficient (Wildman–Crippen LogP) is 1.31. The van der Waals surface area contributed by atoms with E-state index in [1.807, 2.05) is 7.05 Å². The van der Waals surface area contributed by atoms with Gasteiger partial charge in [0.15, 0.2) is 0 Å². The van der Waals surface area contributed by atoms with Crippen molar-refractivity contribution in [1.82, 2.24) is 5.32 Å². The first-order valence-corrected chi connectivity index (χ1v) is 4.74. The van der Waals surface area contributed by atoms with Gasteiger partial charge in [-0.1, -0.05) is 13.0 Å². The van der Waals surface area contributed by atoms with Crippen molar-refractivity contribution in [3.05, 3.63) is 35.4 Å². The van der Waals surface area contributed by atoms with E-state index >= 15 is 0 Å². The third-order valence-corrected chi connectivity index (χ3v) is 1.71. The van der Waals surface area contributed by atoms with Gasteiger partial charge in [0.2, 0.25) is 0 Å². The topological polar surface area (TPSA) is 86.6 Å². The van der Waals surface area contributed by atoms with Gasteiger partial charge in [-0.2, -0.15) is 0 Å². The Morgan fingerprint density at radius 2 is 1.56 bits per heavy atom. The number of aromatic carboxylic acids is 2. The van der Waals surface area contributed by atoms with Crippen LogP contribution in [-0.4, -0.2) is 35.7 Å². The molecule has 0 heterocycles. The second-order valence-electron chi connectivity index (χ2n) is 2.90. The van der Waals surface area contributed by atoms with E-state index in [0.717, 1.165) is 12.6 Å². The molecule has 0 aliphatic heterocycles. The van der Waals surface area contributed by atoms with E-state index in [9.17, 15) is 9.59 Å². The largest absolute Gasteiger partial charge is 0.478 e. The van der Waals surface area contributed by atoms with Crippen molar-refractivity contribution in [2.75, 3.05) is 13.6 Å². The van der Waals surface area contributed by atoms with E-state index in [-0.39, 0.29) is 11.1 Å². The van der Waals surface area contributed by atoms with Crippen LogP contribution in [0.5, 0.6) is 0 Å². The van der Waals surface area contributed by atoms with Crippen LogP contribution in [0.15, 0.2) is 24.3 Å². The van der Waals surface area contributed by atoms with Crippen LogP contribution in [-0.2, 0) is 0 Å². The first kappa shape index (κ1) is 14.1. The molecule has 0 saturated heterocycles. The highest BCUT2D eigenvalue weighted by Gasteiger charge is 2.06. The van der Waals surface area contributed by atoms with Gasteiger partial charge in [-0.15, -0.1) is 0 Å². The average Bonchev–Trinajstić information content (AvgIpc) is 2.29. The summed E-state index contributed by atoms with van der Waals surface area (Å²) in [5, 5.41) is 19.9. The van der Waals surface area contributed by atoms with Crippen molar-refractivity contribution in [2.24, 2.45) is 0 Å². The van der Waals surface area contributed by atoms with Gasteiger partial charge in [-0.05, 0) is 31.8 Å². The highest BCUT2D eigenvalue weighted by atomic mass is 16.4. The van der Waals surface area contributed by atoms with Crippen LogP contribution in [0, 0.1) is 0 Å². The Labute approximate surface area is 93.7 Å². The van der Waals surface area contributed by atoms with Crippen LogP contribution >= 0.6 is 0 Å². The number of hydrogen-bond donors (Lipinski definition) is 3. The molecular weight excluding hydrogens is 210 g/mol. The average molecular weight is 225 g/mol. The number of carboxylic acid groups (broad SMARTS) is 2. The minimum atomic E-state index is -1.13. The smallest absolute Gasteiger partial charge is 0.335 e. The zero-order valence-electron chi connectivity index (χ0n) is 9.23. The van der Waals surface area contributed by atoms with Gasteiger partial charge < -0.3 is 15.5 Å². The molecule has 1 aromatic rings. The summed E-state index contributed by atoms with van der Waals surface area (Å²) in [6.45, 7) is 3.14. The molecule has 5 nitrogen and oxygen atoms in total. The fourth-order valence-corrected chi connectivity index (χ4v) is 0.785. The van der Waals surface area contributed by atoms with Crippen LogP contribution in [0.2, 0.25) is 0 Å². The van der Waals surface area contributed by atoms with Crippen molar-refractivity contribution < 1.29 is 19.8 Å². The van der Waals surface area contributed by atoms with Crippen LogP contribution in [0.3, 0.4) is 0 Å². The zero-order valence-corrected chi connectivity index (χ0v) is 9.23. The molecule has 16 heavy (non-hydrogen) atoms. The van der Waals surface area contributed by atoms with Crippen molar-refractivity contribution in [3.63, 3.8) is 0 Å². The zero-order chi connectivity index (χ0) is 12.6. The minimum Gasteiger partial charge on any atom is -0.478 e. The SMILES string of the molecule is CCNC.O=C(O)c1cccc(C(=O)O)c1. The third-order valence-electron chi connectivity index (χ3n) is 1.71. The molecule has 0 aliphatic carbocycles. The Balaban J connectivity index is 0.000000487. The second-order valence-corrected chi connectivity index (χ2v) is 2.90. The summed E-state index contributed by atoms with van der Waals surface area (Å²) in [6, 6.07) is 5.20. The van der Waals surface area contributed by atoms with Crippen molar-refractivity contribution in [2.45, 2.75) is 6.92 Å². The molecule has 0 aromatic heterocycles. The molecule has 5 heteroatoms. The molecule has 0 unspecified atom stereocenters. The molecule has 0 atom stereocenters. The van der Waals surface area contributed by atoms with Crippen molar-refractivity contribution in [3.8, 4) is 0 Å².